The van der Waals surface area contributed by atoms with Gasteiger partial charge in [-0.15, -0.1) is 0 Å². The maximum Gasteiger partial charge on any atom is 0.282 e. The van der Waals surface area contributed by atoms with Gasteiger partial charge in [-0.25, -0.2) is 13.7 Å². The molecule has 0 aliphatic carbocycles. The van der Waals surface area contributed by atoms with Crippen molar-refractivity contribution in [1.29, 1.82) is 0 Å². The minimum absolute atomic E-state index is 0.0355. The van der Waals surface area contributed by atoms with Gasteiger partial charge in [0.1, 0.15) is 17.3 Å². The number of carbonyl (C=O) groups is 2. The summed E-state index contributed by atoms with van der Waals surface area (Å²) in [7, 11) is 0. The zero-order valence-electron chi connectivity index (χ0n) is 18.5. The van der Waals surface area contributed by atoms with Crippen LogP contribution in [-0.2, 0) is 9.59 Å². The summed E-state index contributed by atoms with van der Waals surface area (Å²) in [6.07, 6.45) is 0. The largest absolute Gasteiger partial charge is 0.350 e. The van der Waals surface area contributed by atoms with Crippen molar-refractivity contribution in [1.82, 2.24) is 0 Å². The molecule has 0 fully saturated rings. The van der Waals surface area contributed by atoms with Gasteiger partial charge in [0.15, 0.2) is 0 Å². The second kappa shape index (κ2) is 8.23. The highest BCUT2D eigenvalue weighted by Crippen LogP contribution is 2.36. The first-order chi connectivity index (χ1) is 16.3. The van der Waals surface area contributed by atoms with E-state index in [1.807, 2.05) is 68.4 Å². The van der Waals surface area contributed by atoms with E-state index in [2.05, 4.69) is 5.32 Å². The molecule has 1 N–H and O–H groups in total. The van der Waals surface area contributed by atoms with Crippen molar-refractivity contribution in [2.75, 3.05) is 10.2 Å². The van der Waals surface area contributed by atoms with E-state index < -0.39 is 23.4 Å². The lowest BCUT2D eigenvalue weighted by Gasteiger charge is -2.16. The van der Waals surface area contributed by atoms with Crippen LogP contribution in [0, 0.1) is 25.5 Å². The summed E-state index contributed by atoms with van der Waals surface area (Å²) in [6.45, 7) is 3.86. The smallest absolute Gasteiger partial charge is 0.282 e. The molecular weight excluding hydrogens is 434 g/mol. The summed E-state index contributed by atoms with van der Waals surface area (Å²) in [5.74, 6) is -3.18. The number of amides is 2. The van der Waals surface area contributed by atoms with Gasteiger partial charge in [0, 0.05) is 17.1 Å². The predicted octanol–water partition coefficient (Wildman–Crippen LogP) is 6.13. The molecule has 34 heavy (non-hydrogen) atoms. The number of imide groups is 1. The zero-order valence-corrected chi connectivity index (χ0v) is 18.5. The number of aryl methyl sites for hydroxylation is 2. The highest BCUT2D eigenvalue weighted by atomic mass is 19.1. The lowest BCUT2D eigenvalue weighted by atomic mass is 9.99. The van der Waals surface area contributed by atoms with Gasteiger partial charge in [-0.3, -0.25) is 9.59 Å². The average Bonchev–Trinajstić information content (AvgIpc) is 3.05. The van der Waals surface area contributed by atoms with Gasteiger partial charge in [0.25, 0.3) is 11.8 Å². The van der Waals surface area contributed by atoms with Crippen LogP contribution in [0.5, 0.6) is 0 Å². The van der Waals surface area contributed by atoms with Crippen LogP contribution in [-0.4, -0.2) is 11.8 Å². The molecule has 4 aromatic carbocycles. The van der Waals surface area contributed by atoms with Crippen molar-refractivity contribution in [3.8, 4) is 0 Å². The molecule has 4 nitrogen and oxygen atoms in total. The number of rotatable bonds is 4. The Kier molecular flexibility index (Phi) is 5.21. The molecule has 168 valence electrons. The third-order valence-electron chi connectivity index (χ3n) is 6.08. The molecule has 6 heteroatoms. The van der Waals surface area contributed by atoms with E-state index in [9.17, 15) is 18.4 Å². The molecule has 0 atom stereocenters. The Morgan fingerprint density at radius 2 is 1.53 bits per heavy atom. The van der Waals surface area contributed by atoms with Crippen LogP contribution in [0.4, 0.5) is 20.2 Å². The second-order valence-electron chi connectivity index (χ2n) is 8.24. The molecule has 0 spiro atoms. The second-order valence-corrected chi connectivity index (χ2v) is 8.24. The van der Waals surface area contributed by atoms with Crippen molar-refractivity contribution < 1.29 is 18.4 Å². The maximum atomic E-state index is 14.6. The number of fused-ring (bicyclic) bond motifs is 1. The molecule has 1 aliphatic rings. The highest BCUT2D eigenvalue weighted by Gasteiger charge is 2.41. The monoisotopic (exact) mass is 454 g/mol. The molecule has 4 aromatic rings. The van der Waals surface area contributed by atoms with E-state index in [4.69, 9.17) is 0 Å². The Balaban J connectivity index is 1.69. The van der Waals surface area contributed by atoms with Gasteiger partial charge in [0.05, 0.1) is 11.3 Å². The van der Waals surface area contributed by atoms with Crippen LogP contribution < -0.4 is 10.2 Å². The minimum Gasteiger partial charge on any atom is -0.350 e. The molecule has 1 aliphatic heterocycles. The Hall–Kier alpha value is -4.32. The molecule has 0 radical (unpaired) electrons. The Morgan fingerprint density at radius 3 is 2.29 bits per heavy atom. The van der Waals surface area contributed by atoms with Crippen molar-refractivity contribution >= 4 is 39.5 Å². The lowest BCUT2D eigenvalue weighted by Crippen LogP contribution is -2.33. The van der Waals surface area contributed by atoms with Gasteiger partial charge in [-0.2, -0.15) is 0 Å². The Morgan fingerprint density at radius 1 is 0.765 bits per heavy atom. The van der Waals surface area contributed by atoms with Crippen molar-refractivity contribution in [3.63, 3.8) is 0 Å². The first-order valence-electron chi connectivity index (χ1n) is 10.8. The molecule has 0 bridgehead atoms. The van der Waals surface area contributed by atoms with Crippen LogP contribution in [0.3, 0.4) is 0 Å². The first-order valence-corrected chi connectivity index (χ1v) is 10.8. The number of anilines is 2. The molecule has 5 rings (SSSR count). The fourth-order valence-corrected chi connectivity index (χ4v) is 4.16. The first kappa shape index (κ1) is 21.5. The van der Waals surface area contributed by atoms with E-state index in [1.165, 1.54) is 0 Å². The van der Waals surface area contributed by atoms with Gasteiger partial charge in [0.2, 0.25) is 0 Å². The van der Waals surface area contributed by atoms with Crippen LogP contribution in [0.2, 0.25) is 0 Å². The Labute approximate surface area is 195 Å². The van der Waals surface area contributed by atoms with E-state index in [0.29, 0.717) is 17.3 Å². The maximum absolute atomic E-state index is 14.6. The molecule has 0 saturated heterocycles. The van der Waals surface area contributed by atoms with Crippen molar-refractivity contribution in [2.45, 2.75) is 13.8 Å². The summed E-state index contributed by atoms with van der Waals surface area (Å²) in [5.41, 5.74) is 3.02. The molecule has 2 amide bonds. The standard InChI is InChI=1S/C28H20F2N2O2/c1-16-10-11-19(14-17(16)2)25-26(31-23-9-5-7-18-6-3-4-8-21(18)23)28(34)32(27(25)33)24-13-12-20(29)15-22(24)30/h3-15,31H,1-2H3. The fourth-order valence-electron chi connectivity index (χ4n) is 4.16. The Bertz CT molecular complexity index is 1520. The number of nitrogens with zero attached hydrogens (tertiary/aromatic N) is 1. The van der Waals surface area contributed by atoms with E-state index in [-0.39, 0.29) is 17.0 Å². The predicted molar refractivity (Wildman–Crippen MR) is 129 cm³/mol. The number of hydrogen-bond donors (Lipinski definition) is 1. The summed E-state index contributed by atoms with van der Waals surface area (Å²) in [5, 5.41) is 4.97. The summed E-state index contributed by atoms with van der Waals surface area (Å²) >= 11 is 0. The lowest BCUT2D eigenvalue weighted by molar-refractivity contribution is -0.120. The summed E-state index contributed by atoms with van der Waals surface area (Å²) in [6, 6.07) is 21.5. The SMILES string of the molecule is Cc1ccc(C2=C(Nc3cccc4ccccc34)C(=O)N(c3ccc(F)cc3F)C2=O)cc1C. The van der Waals surface area contributed by atoms with Gasteiger partial charge < -0.3 is 5.32 Å². The number of nitrogens with one attached hydrogen (secondary N) is 1. The highest BCUT2D eigenvalue weighted by molar-refractivity contribution is 6.46. The van der Waals surface area contributed by atoms with E-state index >= 15 is 0 Å². The van der Waals surface area contributed by atoms with Crippen LogP contribution in [0.25, 0.3) is 16.3 Å². The number of carbonyl (C=O) groups excluding carboxylic acids is 2. The van der Waals surface area contributed by atoms with Gasteiger partial charge in [-0.1, -0.05) is 54.6 Å². The van der Waals surface area contributed by atoms with Crippen LogP contribution >= 0.6 is 0 Å². The van der Waals surface area contributed by atoms with Crippen LogP contribution in [0.15, 0.2) is 84.6 Å². The number of benzene rings is 4. The zero-order chi connectivity index (χ0) is 24.0. The quantitative estimate of drug-likeness (QED) is 0.377. The molecule has 0 aromatic heterocycles. The van der Waals surface area contributed by atoms with Crippen molar-refractivity contribution in [3.05, 3.63) is 113 Å². The third kappa shape index (κ3) is 3.53. The normalized spacial score (nSPS) is 13.8. The van der Waals surface area contributed by atoms with Crippen molar-refractivity contribution in [2.24, 2.45) is 0 Å². The average molecular weight is 454 g/mol. The molecule has 0 saturated carbocycles. The van der Waals surface area contributed by atoms with Gasteiger partial charge in [-0.05, 0) is 54.1 Å². The topological polar surface area (TPSA) is 49.4 Å². The van der Waals surface area contributed by atoms with E-state index in [1.54, 1.807) is 6.07 Å². The number of halogens is 2. The fraction of sp³-hybridized carbons (Fsp3) is 0.0714. The molecule has 0 unspecified atom stereocenters. The van der Waals surface area contributed by atoms with Crippen LogP contribution in [0.1, 0.15) is 16.7 Å². The summed E-state index contributed by atoms with van der Waals surface area (Å²) in [4.78, 5) is 27.9. The molecule has 1 heterocycles. The minimum atomic E-state index is -0.993. The van der Waals surface area contributed by atoms with E-state index in [0.717, 1.165) is 38.9 Å². The third-order valence-corrected chi connectivity index (χ3v) is 6.08. The van der Waals surface area contributed by atoms with Gasteiger partial charge >= 0.3 is 0 Å². The number of hydrogen-bond acceptors (Lipinski definition) is 3. The summed E-state index contributed by atoms with van der Waals surface area (Å²) < 4.78 is 28.1. The molecular formula is C28H20F2N2O2.